The van der Waals surface area contributed by atoms with Crippen LogP contribution in [0.1, 0.15) is 42.1 Å². The van der Waals surface area contributed by atoms with Crippen molar-refractivity contribution < 1.29 is 0 Å². The Labute approximate surface area is 200 Å². The number of aryl methyl sites for hydroxylation is 1. The number of hydrogen-bond donors (Lipinski definition) is 0. The molecule has 0 N–H and O–H groups in total. The van der Waals surface area contributed by atoms with Crippen LogP contribution in [0.25, 0.3) is 22.2 Å². The summed E-state index contributed by atoms with van der Waals surface area (Å²) < 4.78 is 2.37. The van der Waals surface area contributed by atoms with Crippen LogP contribution in [0.3, 0.4) is 0 Å². The summed E-state index contributed by atoms with van der Waals surface area (Å²) in [7, 11) is 0. The summed E-state index contributed by atoms with van der Waals surface area (Å²) in [6.07, 6.45) is 5.59. The molecule has 2 aliphatic rings. The molecule has 1 fully saturated rings. The number of rotatable bonds is 4. The first-order valence-electron chi connectivity index (χ1n) is 12.2. The highest BCUT2D eigenvalue weighted by Gasteiger charge is 2.28. The van der Waals surface area contributed by atoms with Gasteiger partial charge >= 0.3 is 0 Å². The van der Waals surface area contributed by atoms with Crippen LogP contribution in [-0.4, -0.2) is 39.3 Å². The van der Waals surface area contributed by atoms with Crippen molar-refractivity contribution in [2.75, 3.05) is 19.6 Å². The predicted molar refractivity (Wildman–Crippen MR) is 135 cm³/mol. The van der Waals surface area contributed by atoms with Crippen LogP contribution >= 0.6 is 11.6 Å². The van der Waals surface area contributed by atoms with Crippen LogP contribution in [0.5, 0.6) is 0 Å². The number of fused-ring (bicyclic) bond motifs is 4. The Hall–Kier alpha value is -2.69. The molecule has 4 nitrogen and oxygen atoms in total. The fourth-order valence-corrected chi connectivity index (χ4v) is 5.82. The molecule has 2 aliphatic heterocycles. The molecule has 0 unspecified atom stereocenters. The van der Waals surface area contributed by atoms with E-state index in [9.17, 15) is 0 Å². The zero-order valence-electron chi connectivity index (χ0n) is 18.9. The van der Waals surface area contributed by atoms with Crippen LogP contribution in [0.2, 0.25) is 5.02 Å². The molecule has 6 rings (SSSR count). The van der Waals surface area contributed by atoms with Gasteiger partial charge in [0.05, 0.1) is 0 Å². The lowest BCUT2D eigenvalue weighted by molar-refractivity contribution is 0.210. The molecule has 0 spiro atoms. The minimum absolute atomic E-state index is 0.487. The SMILES string of the molecule is Clc1ccc2c(c1)-c1nnc(C3CCN(CCc4cccc5ccccc45)CC3)n1CCC2. The van der Waals surface area contributed by atoms with Gasteiger partial charge in [0.2, 0.25) is 0 Å². The molecule has 1 aromatic heterocycles. The van der Waals surface area contributed by atoms with E-state index in [4.69, 9.17) is 16.7 Å². The number of aromatic nitrogens is 3. The van der Waals surface area contributed by atoms with Crippen LogP contribution < -0.4 is 0 Å². The minimum atomic E-state index is 0.487. The molecule has 33 heavy (non-hydrogen) atoms. The largest absolute Gasteiger partial charge is 0.311 e. The molecule has 0 bridgehead atoms. The Balaban J connectivity index is 1.14. The molecular weight excluding hydrogens is 428 g/mol. The van der Waals surface area contributed by atoms with Crippen molar-refractivity contribution in [3.05, 3.63) is 82.6 Å². The smallest absolute Gasteiger partial charge is 0.164 e. The topological polar surface area (TPSA) is 34.0 Å². The fourth-order valence-electron chi connectivity index (χ4n) is 5.64. The molecular formula is C28H29ClN4. The molecule has 5 heteroatoms. The van der Waals surface area contributed by atoms with Gasteiger partial charge in [0.25, 0.3) is 0 Å². The molecule has 1 saturated heterocycles. The first-order chi connectivity index (χ1) is 16.3. The van der Waals surface area contributed by atoms with Gasteiger partial charge in [0, 0.05) is 29.6 Å². The van der Waals surface area contributed by atoms with Crippen molar-refractivity contribution >= 4 is 22.4 Å². The van der Waals surface area contributed by atoms with Gasteiger partial charge in [0.1, 0.15) is 5.82 Å². The third kappa shape index (κ3) is 4.07. The highest BCUT2D eigenvalue weighted by atomic mass is 35.5. The van der Waals surface area contributed by atoms with E-state index < -0.39 is 0 Å². The van der Waals surface area contributed by atoms with Gasteiger partial charge in [-0.05, 0) is 79.2 Å². The monoisotopic (exact) mass is 456 g/mol. The average molecular weight is 457 g/mol. The zero-order valence-corrected chi connectivity index (χ0v) is 19.6. The van der Waals surface area contributed by atoms with E-state index in [1.807, 2.05) is 6.07 Å². The van der Waals surface area contributed by atoms with Gasteiger partial charge in [-0.25, -0.2) is 0 Å². The molecule has 0 saturated carbocycles. The van der Waals surface area contributed by atoms with Gasteiger partial charge in [-0.15, -0.1) is 10.2 Å². The number of halogens is 1. The Bertz CT molecular complexity index is 1280. The Morgan fingerprint density at radius 3 is 2.67 bits per heavy atom. The Morgan fingerprint density at radius 1 is 0.909 bits per heavy atom. The molecule has 4 aromatic rings. The molecule has 168 valence electrons. The molecule has 0 aliphatic carbocycles. The maximum absolute atomic E-state index is 6.31. The van der Waals surface area contributed by atoms with Gasteiger partial charge in [0.15, 0.2) is 5.82 Å². The van der Waals surface area contributed by atoms with Crippen LogP contribution in [0.4, 0.5) is 0 Å². The normalized spacial score (nSPS) is 17.0. The Kier molecular flexibility index (Phi) is 5.65. The van der Waals surface area contributed by atoms with Gasteiger partial charge in [-0.1, -0.05) is 60.1 Å². The Morgan fingerprint density at radius 2 is 1.76 bits per heavy atom. The highest BCUT2D eigenvalue weighted by molar-refractivity contribution is 6.30. The molecule has 0 amide bonds. The van der Waals surface area contributed by atoms with Crippen LogP contribution in [0, 0.1) is 0 Å². The second-order valence-corrected chi connectivity index (χ2v) is 9.88. The second kappa shape index (κ2) is 8.92. The lowest BCUT2D eigenvalue weighted by Gasteiger charge is -2.31. The summed E-state index contributed by atoms with van der Waals surface area (Å²) in [5.74, 6) is 2.66. The predicted octanol–water partition coefficient (Wildman–Crippen LogP) is 6.12. The standard InChI is InChI=1S/C28H29ClN4/c29-24-11-10-21-8-4-15-33-27(30-31-28(33)26(21)19-24)23-13-17-32(18-14-23)16-12-22-7-3-6-20-5-1-2-9-25(20)22/h1-3,5-7,9-11,19,23H,4,8,12-18H2. The van der Waals surface area contributed by atoms with Crippen molar-refractivity contribution in [1.82, 2.24) is 19.7 Å². The van der Waals surface area contributed by atoms with Crippen molar-refractivity contribution in [2.24, 2.45) is 0 Å². The molecule has 3 heterocycles. The first-order valence-corrected chi connectivity index (χ1v) is 12.5. The quantitative estimate of drug-likeness (QED) is 0.371. The molecule has 0 radical (unpaired) electrons. The van der Waals surface area contributed by atoms with Crippen molar-refractivity contribution in [3.63, 3.8) is 0 Å². The zero-order chi connectivity index (χ0) is 22.2. The van der Waals surface area contributed by atoms with E-state index in [-0.39, 0.29) is 0 Å². The number of hydrogen-bond acceptors (Lipinski definition) is 3. The number of nitrogens with zero attached hydrogens (tertiary/aromatic N) is 4. The third-order valence-electron chi connectivity index (χ3n) is 7.45. The highest BCUT2D eigenvalue weighted by Crippen LogP contribution is 2.34. The van der Waals surface area contributed by atoms with Crippen LogP contribution in [0.15, 0.2) is 60.7 Å². The second-order valence-electron chi connectivity index (χ2n) is 9.44. The number of likely N-dealkylation sites (tertiary alicyclic amines) is 1. The first kappa shape index (κ1) is 20.9. The fraction of sp³-hybridized carbons (Fsp3) is 0.357. The summed E-state index contributed by atoms with van der Waals surface area (Å²) in [6.45, 7) is 4.36. The summed E-state index contributed by atoms with van der Waals surface area (Å²) in [4.78, 5) is 2.62. The van der Waals surface area contributed by atoms with Gasteiger partial charge in [-0.2, -0.15) is 0 Å². The molecule has 3 aromatic carbocycles. The lowest BCUT2D eigenvalue weighted by atomic mass is 9.95. The summed E-state index contributed by atoms with van der Waals surface area (Å²) in [5, 5.41) is 12.8. The maximum Gasteiger partial charge on any atom is 0.164 e. The average Bonchev–Trinajstić information content (AvgIpc) is 3.19. The van der Waals surface area contributed by atoms with E-state index >= 15 is 0 Å². The van der Waals surface area contributed by atoms with E-state index in [0.29, 0.717) is 5.92 Å². The van der Waals surface area contributed by atoms with E-state index in [0.717, 1.165) is 74.7 Å². The lowest BCUT2D eigenvalue weighted by Crippen LogP contribution is -2.35. The van der Waals surface area contributed by atoms with E-state index in [2.05, 4.69) is 69.2 Å². The number of piperidine rings is 1. The summed E-state index contributed by atoms with van der Waals surface area (Å²) in [6, 6.07) is 21.6. The van der Waals surface area contributed by atoms with Crippen molar-refractivity contribution in [1.29, 1.82) is 0 Å². The van der Waals surface area contributed by atoms with Crippen molar-refractivity contribution in [2.45, 2.75) is 44.6 Å². The van der Waals surface area contributed by atoms with E-state index in [1.54, 1.807) is 0 Å². The molecule has 0 atom stereocenters. The maximum atomic E-state index is 6.31. The van der Waals surface area contributed by atoms with E-state index in [1.165, 1.54) is 27.7 Å². The third-order valence-corrected chi connectivity index (χ3v) is 7.69. The summed E-state index contributed by atoms with van der Waals surface area (Å²) in [5.41, 5.74) is 3.95. The van der Waals surface area contributed by atoms with Crippen LogP contribution in [-0.2, 0) is 19.4 Å². The van der Waals surface area contributed by atoms with Gasteiger partial charge in [-0.3, -0.25) is 0 Å². The summed E-state index contributed by atoms with van der Waals surface area (Å²) >= 11 is 6.31. The van der Waals surface area contributed by atoms with Crippen molar-refractivity contribution in [3.8, 4) is 11.4 Å². The number of benzene rings is 3. The van der Waals surface area contributed by atoms with Gasteiger partial charge < -0.3 is 9.47 Å². The minimum Gasteiger partial charge on any atom is -0.311 e.